The highest BCUT2D eigenvalue weighted by Crippen LogP contribution is 2.37. The molecule has 41 heavy (non-hydrogen) atoms. The lowest BCUT2D eigenvalue weighted by molar-refractivity contribution is 0.155. The number of ether oxygens (including phenoxy) is 2. The van der Waals surface area contributed by atoms with Gasteiger partial charge in [0.25, 0.3) is 0 Å². The Morgan fingerprint density at radius 3 is 2.46 bits per heavy atom. The number of H-pyrrole nitrogens is 1. The van der Waals surface area contributed by atoms with E-state index in [0.29, 0.717) is 11.3 Å². The molecule has 7 nitrogen and oxygen atoms in total. The number of halogens is 2. The summed E-state index contributed by atoms with van der Waals surface area (Å²) in [7, 11) is 1.62. The molecule has 6 aromatic rings. The van der Waals surface area contributed by atoms with Crippen molar-refractivity contribution < 1.29 is 23.0 Å². The van der Waals surface area contributed by atoms with Crippen LogP contribution in [0.15, 0.2) is 97.2 Å². The maximum atomic E-state index is 13.5. The lowest BCUT2D eigenvalue weighted by Crippen LogP contribution is -2.14. The topological polar surface area (TPSA) is 88.3 Å². The number of carbonyl (C=O) groups excluding carboxylic acids is 1. The van der Waals surface area contributed by atoms with Crippen LogP contribution in [0.3, 0.4) is 0 Å². The van der Waals surface area contributed by atoms with Gasteiger partial charge >= 0.3 is 6.09 Å². The van der Waals surface area contributed by atoms with Crippen molar-refractivity contribution in [1.29, 1.82) is 0 Å². The number of hydrogen-bond acceptors (Lipinski definition) is 5. The van der Waals surface area contributed by atoms with Crippen molar-refractivity contribution in [2.75, 3.05) is 17.7 Å². The molecule has 2 heterocycles. The number of carbonyl (C=O) groups is 1. The average molecular weight is 551 g/mol. The molecule has 0 saturated heterocycles. The molecular weight excluding hydrogens is 526 g/mol. The molecule has 0 saturated carbocycles. The van der Waals surface area contributed by atoms with Crippen molar-refractivity contribution >= 4 is 45.0 Å². The molecule has 0 radical (unpaired) electrons. The van der Waals surface area contributed by atoms with Gasteiger partial charge in [0.05, 0.1) is 18.3 Å². The molecule has 0 aliphatic rings. The summed E-state index contributed by atoms with van der Waals surface area (Å²) in [5.41, 5.74) is 5.54. The first kappa shape index (κ1) is 25.8. The van der Waals surface area contributed by atoms with E-state index in [4.69, 9.17) is 14.5 Å². The number of amides is 1. The summed E-state index contributed by atoms with van der Waals surface area (Å²) in [6.07, 6.45) is 0.987. The molecule has 0 fully saturated rings. The van der Waals surface area contributed by atoms with Crippen LogP contribution in [0.5, 0.6) is 5.75 Å². The number of pyridine rings is 1. The number of nitrogens with one attached hydrogen (secondary N) is 3. The largest absolute Gasteiger partial charge is 0.494 e. The van der Waals surface area contributed by atoms with Gasteiger partial charge in [-0.2, -0.15) is 0 Å². The zero-order valence-electron chi connectivity index (χ0n) is 21.9. The van der Waals surface area contributed by atoms with E-state index in [0.717, 1.165) is 62.6 Å². The Bertz CT molecular complexity index is 1870. The summed E-state index contributed by atoms with van der Waals surface area (Å²) in [5, 5.41) is 7.75. The Morgan fingerprint density at radius 1 is 0.878 bits per heavy atom. The van der Waals surface area contributed by atoms with Crippen molar-refractivity contribution in [3.8, 4) is 17.0 Å². The third-order valence-electron chi connectivity index (χ3n) is 6.54. The Balaban J connectivity index is 1.35. The average Bonchev–Trinajstić information content (AvgIpc) is 3.50. The molecule has 2 aromatic heterocycles. The number of para-hydroxylation sites is 2. The number of benzene rings is 4. The first-order chi connectivity index (χ1) is 20.0. The van der Waals surface area contributed by atoms with Crippen LogP contribution in [0.25, 0.3) is 33.1 Å². The van der Waals surface area contributed by atoms with Gasteiger partial charge in [-0.05, 0) is 60.2 Å². The van der Waals surface area contributed by atoms with Gasteiger partial charge in [0, 0.05) is 45.7 Å². The summed E-state index contributed by atoms with van der Waals surface area (Å²) in [4.78, 5) is 20.5. The third kappa shape index (κ3) is 5.51. The second kappa shape index (κ2) is 11.0. The molecule has 204 valence electrons. The second-order valence-corrected chi connectivity index (χ2v) is 9.35. The molecule has 9 heteroatoms. The van der Waals surface area contributed by atoms with Gasteiger partial charge in [-0.25, -0.2) is 18.6 Å². The number of aromatic nitrogens is 2. The predicted molar refractivity (Wildman–Crippen MR) is 155 cm³/mol. The van der Waals surface area contributed by atoms with Crippen molar-refractivity contribution in [1.82, 2.24) is 9.97 Å². The third-order valence-corrected chi connectivity index (χ3v) is 6.54. The smallest absolute Gasteiger partial charge is 0.411 e. The SMILES string of the molecule is COc1cccc2c(Nc3cc(COC(=O)Nc4cc(F)cc(F)c4)cc(-c4ccc[nH]4)c3)c3ccccc3nc12. The zero-order valence-corrected chi connectivity index (χ0v) is 21.9. The van der Waals surface area contributed by atoms with Crippen LogP contribution >= 0.6 is 0 Å². The van der Waals surface area contributed by atoms with E-state index < -0.39 is 17.7 Å². The van der Waals surface area contributed by atoms with Crippen LogP contribution in [0, 0.1) is 11.6 Å². The van der Waals surface area contributed by atoms with Gasteiger partial charge in [0.1, 0.15) is 29.5 Å². The minimum atomic E-state index is -0.840. The highest BCUT2D eigenvalue weighted by molar-refractivity contribution is 6.10. The number of anilines is 3. The number of fused-ring (bicyclic) bond motifs is 2. The summed E-state index contributed by atoms with van der Waals surface area (Å²) >= 11 is 0. The van der Waals surface area contributed by atoms with Crippen molar-refractivity contribution in [2.24, 2.45) is 0 Å². The van der Waals surface area contributed by atoms with E-state index in [9.17, 15) is 13.6 Å². The molecule has 4 aromatic carbocycles. The van der Waals surface area contributed by atoms with E-state index in [1.807, 2.05) is 79.0 Å². The molecule has 0 aliphatic carbocycles. The van der Waals surface area contributed by atoms with Crippen LogP contribution in [-0.4, -0.2) is 23.2 Å². The quantitative estimate of drug-likeness (QED) is 0.175. The second-order valence-electron chi connectivity index (χ2n) is 9.35. The number of hydrogen-bond donors (Lipinski definition) is 3. The normalized spacial score (nSPS) is 11.0. The molecule has 0 bridgehead atoms. The van der Waals surface area contributed by atoms with Gasteiger partial charge < -0.3 is 19.8 Å². The van der Waals surface area contributed by atoms with E-state index >= 15 is 0 Å². The maximum Gasteiger partial charge on any atom is 0.411 e. The van der Waals surface area contributed by atoms with Crippen LogP contribution < -0.4 is 15.4 Å². The predicted octanol–water partition coefficient (Wildman–Crippen LogP) is 8.16. The van der Waals surface area contributed by atoms with Crippen molar-refractivity contribution in [2.45, 2.75) is 6.61 Å². The highest BCUT2D eigenvalue weighted by atomic mass is 19.1. The molecule has 0 aliphatic heterocycles. The summed E-state index contributed by atoms with van der Waals surface area (Å²) < 4.78 is 38.0. The van der Waals surface area contributed by atoms with E-state index in [-0.39, 0.29) is 12.3 Å². The minimum Gasteiger partial charge on any atom is -0.494 e. The van der Waals surface area contributed by atoms with Crippen LogP contribution in [-0.2, 0) is 11.3 Å². The number of nitrogens with zero attached hydrogens (tertiary/aromatic N) is 1. The number of rotatable bonds is 7. The number of methoxy groups -OCH3 is 1. The molecule has 0 unspecified atom stereocenters. The monoisotopic (exact) mass is 550 g/mol. The van der Waals surface area contributed by atoms with Crippen molar-refractivity contribution in [3.05, 3.63) is 114 Å². The van der Waals surface area contributed by atoms with Gasteiger partial charge in [0.15, 0.2) is 0 Å². The minimum absolute atomic E-state index is 0.0399. The Hall–Kier alpha value is -5.44. The first-order valence-corrected chi connectivity index (χ1v) is 12.8. The fourth-order valence-corrected chi connectivity index (χ4v) is 4.77. The van der Waals surface area contributed by atoms with E-state index in [1.165, 1.54) is 0 Å². The van der Waals surface area contributed by atoms with Crippen LogP contribution in [0.4, 0.5) is 30.6 Å². The highest BCUT2D eigenvalue weighted by Gasteiger charge is 2.14. The van der Waals surface area contributed by atoms with Gasteiger partial charge in [-0.15, -0.1) is 0 Å². The molecular formula is C32H24F2N4O3. The lowest BCUT2D eigenvalue weighted by atomic mass is 10.0. The number of aromatic amines is 1. The molecule has 6 rings (SSSR count). The van der Waals surface area contributed by atoms with Gasteiger partial charge in [-0.1, -0.05) is 30.3 Å². The fourth-order valence-electron chi connectivity index (χ4n) is 4.77. The Kier molecular flexibility index (Phi) is 6.91. The van der Waals surface area contributed by atoms with Gasteiger partial charge in [-0.3, -0.25) is 5.32 Å². The molecule has 1 amide bonds. The first-order valence-electron chi connectivity index (χ1n) is 12.8. The van der Waals surface area contributed by atoms with Crippen molar-refractivity contribution in [3.63, 3.8) is 0 Å². The summed E-state index contributed by atoms with van der Waals surface area (Å²) in [6, 6.07) is 26.0. The van der Waals surface area contributed by atoms with Crippen LogP contribution in [0.2, 0.25) is 0 Å². The van der Waals surface area contributed by atoms with Crippen LogP contribution in [0.1, 0.15) is 5.56 Å². The Morgan fingerprint density at radius 2 is 1.68 bits per heavy atom. The summed E-state index contributed by atoms with van der Waals surface area (Å²) in [5.74, 6) is -0.943. The molecule has 0 spiro atoms. The van der Waals surface area contributed by atoms with E-state index in [2.05, 4.69) is 15.6 Å². The lowest BCUT2D eigenvalue weighted by Gasteiger charge is -2.16. The standard InChI is InChI=1S/C32H24F2N4O3/c1-40-29-10-4-7-26-30(25-6-2-3-8-28(25)38-31(26)29)36-23-13-19(12-20(14-23)27-9-5-11-35-27)18-41-32(39)37-24-16-21(33)15-22(34)17-24/h2-17,35H,18H2,1H3,(H,36,38)(H,37,39). The zero-order chi connectivity index (χ0) is 28.3. The molecule has 3 N–H and O–H groups in total. The maximum absolute atomic E-state index is 13.5. The molecule has 0 atom stereocenters. The fraction of sp³-hybridized carbons (Fsp3) is 0.0625. The van der Waals surface area contributed by atoms with Gasteiger partial charge in [0.2, 0.25) is 0 Å². The Labute approximate surface area is 233 Å². The summed E-state index contributed by atoms with van der Waals surface area (Å²) in [6.45, 7) is -0.0848. The van der Waals surface area contributed by atoms with E-state index in [1.54, 1.807) is 7.11 Å².